The molecule has 0 fully saturated rings. The first-order valence-corrected chi connectivity index (χ1v) is 4.66. The van der Waals surface area contributed by atoms with Gasteiger partial charge in [-0.1, -0.05) is 12.1 Å². The third kappa shape index (κ3) is 3.55. The zero-order valence-electron chi connectivity index (χ0n) is 8.86. The summed E-state index contributed by atoms with van der Waals surface area (Å²) in [5.74, 6) is 0. The number of benzene rings is 1. The van der Waals surface area contributed by atoms with Crippen LogP contribution in [0.3, 0.4) is 0 Å². The fourth-order valence-corrected chi connectivity index (χ4v) is 1.11. The van der Waals surface area contributed by atoms with Crippen molar-refractivity contribution in [1.82, 2.24) is 0 Å². The summed E-state index contributed by atoms with van der Waals surface area (Å²) in [5.41, 5.74) is 5.95. The predicted octanol–water partition coefficient (Wildman–Crippen LogP) is 1.74. The molecule has 0 saturated heterocycles. The SMILES string of the molecule is CC(C)(N)CNc1ccccc1[N+](=O)[O-]. The minimum atomic E-state index is -0.411. The zero-order chi connectivity index (χ0) is 11.5. The maximum atomic E-state index is 10.7. The standard InChI is InChI=1S/C10H15N3O2/c1-10(2,11)7-12-8-5-3-4-6-9(8)13(14)15/h3-6,12H,7,11H2,1-2H3. The molecule has 5 nitrogen and oxygen atoms in total. The quantitative estimate of drug-likeness (QED) is 0.584. The summed E-state index contributed by atoms with van der Waals surface area (Å²) in [6.07, 6.45) is 0. The molecule has 0 heterocycles. The normalized spacial score (nSPS) is 11.1. The van der Waals surface area contributed by atoms with Crippen LogP contribution in [0.25, 0.3) is 0 Å². The smallest absolute Gasteiger partial charge is 0.292 e. The number of nitrogens with two attached hydrogens (primary N) is 1. The molecule has 5 heteroatoms. The molecule has 82 valence electrons. The minimum Gasteiger partial charge on any atom is -0.378 e. The number of nitro groups is 1. The van der Waals surface area contributed by atoms with E-state index < -0.39 is 10.5 Å². The second kappa shape index (κ2) is 4.27. The van der Waals surface area contributed by atoms with Crippen LogP contribution in [0.5, 0.6) is 0 Å². The monoisotopic (exact) mass is 209 g/mol. The molecular formula is C10H15N3O2. The minimum absolute atomic E-state index is 0.0711. The lowest BCUT2D eigenvalue weighted by molar-refractivity contribution is -0.384. The van der Waals surface area contributed by atoms with Crippen LogP contribution in [0.2, 0.25) is 0 Å². The molecule has 0 aliphatic rings. The molecular weight excluding hydrogens is 194 g/mol. The number of hydrogen-bond donors (Lipinski definition) is 2. The van der Waals surface area contributed by atoms with Gasteiger partial charge in [0, 0.05) is 18.2 Å². The van der Waals surface area contributed by atoms with Gasteiger partial charge in [-0.3, -0.25) is 10.1 Å². The van der Waals surface area contributed by atoms with Gasteiger partial charge in [0.25, 0.3) is 5.69 Å². The van der Waals surface area contributed by atoms with Crippen molar-refractivity contribution in [3.05, 3.63) is 34.4 Å². The second-order valence-corrected chi connectivity index (χ2v) is 4.12. The van der Waals surface area contributed by atoms with Gasteiger partial charge in [0.05, 0.1) is 4.92 Å². The van der Waals surface area contributed by atoms with E-state index >= 15 is 0 Å². The van der Waals surface area contributed by atoms with E-state index in [1.165, 1.54) is 6.07 Å². The highest BCUT2D eigenvalue weighted by atomic mass is 16.6. The first-order chi connectivity index (χ1) is 6.90. The molecule has 0 amide bonds. The van der Waals surface area contributed by atoms with E-state index in [0.717, 1.165) is 0 Å². The Morgan fingerprint density at radius 1 is 1.47 bits per heavy atom. The maximum Gasteiger partial charge on any atom is 0.292 e. The number of anilines is 1. The van der Waals surface area contributed by atoms with Gasteiger partial charge in [-0.15, -0.1) is 0 Å². The van der Waals surface area contributed by atoms with Crippen molar-refractivity contribution in [2.75, 3.05) is 11.9 Å². The molecule has 1 rings (SSSR count). The number of para-hydroxylation sites is 2. The lowest BCUT2D eigenvalue weighted by Gasteiger charge is -2.19. The van der Waals surface area contributed by atoms with Crippen LogP contribution in [0.1, 0.15) is 13.8 Å². The Labute approximate surface area is 88.4 Å². The van der Waals surface area contributed by atoms with Gasteiger partial charge in [0.2, 0.25) is 0 Å². The van der Waals surface area contributed by atoms with E-state index in [0.29, 0.717) is 12.2 Å². The van der Waals surface area contributed by atoms with Crippen molar-refractivity contribution in [2.24, 2.45) is 5.73 Å². The van der Waals surface area contributed by atoms with Crippen LogP contribution in [-0.2, 0) is 0 Å². The Balaban J connectivity index is 2.81. The van der Waals surface area contributed by atoms with E-state index in [4.69, 9.17) is 5.73 Å². The molecule has 0 bridgehead atoms. The van der Waals surface area contributed by atoms with Crippen molar-refractivity contribution in [3.8, 4) is 0 Å². The van der Waals surface area contributed by atoms with E-state index in [-0.39, 0.29) is 5.69 Å². The highest BCUT2D eigenvalue weighted by molar-refractivity contribution is 5.61. The zero-order valence-corrected chi connectivity index (χ0v) is 8.86. The summed E-state index contributed by atoms with van der Waals surface area (Å²) >= 11 is 0. The van der Waals surface area contributed by atoms with Crippen LogP contribution in [0.15, 0.2) is 24.3 Å². The predicted molar refractivity (Wildman–Crippen MR) is 59.9 cm³/mol. The lowest BCUT2D eigenvalue weighted by atomic mass is 10.1. The number of hydrogen-bond acceptors (Lipinski definition) is 4. The van der Waals surface area contributed by atoms with Crippen LogP contribution >= 0.6 is 0 Å². The Hall–Kier alpha value is -1.62. The molecule has 0 radical (unpaired) electrons. The molecule has 0 aliphatic carbocycles. The summed E-state index contributed by atoms with van der Waals surface area (Å²) in [6, 6.07) is 6.52. The van der Waals surface area contributed by atoms with Gasteiger partial charge >= 0.3 is 0 Å². The Morgan fingerprint density at radius 2 is 2.07 bits per heavy atom. The topological polar surface area (TPSA) is 81.2 Å². The van der Waals surface area contributed by atoms with Gasteiger partial charge in [-0.2, -0.15) is 0 Å². The van der Waals surface area contributed by atoms with Gasteiger partial charge in [0.15, 0.2) is 0 Å². The second-order valence-electron chi connectivity index (χ2n) is 4.12. The lowest BCUT2D eigenvalue weighted by Crippen LogP contribution is -2.39. The van der Waals surface area contributed by atoms with Crippen LogP contribution in [0, 0.1) is 10.1 Å². The molecule has 0 aliphatic heterocycles. The van der Waals surface area contributed by atoms with Gasteiger partial charge in [0.1, 0.15) is 5.69 Å². The van der Waals surface area contributed by atoms with Crippen molar-refractivity contribution in [3.63, 3.8) is 0 Å². The molecule has 0 aromatic heterocycles. The first-order valence-electron chi connectivity index (χ1n) is 4.66. The largest absolute Gasteiger partial charge is 0.378 e. The van der Waals surface area contributed by atoms with Gasteiger partial charge in [-0.25, -0.2) is 0 Å². The summed E-state index contributed by atoms with van der Waals surface area (Å²) < 4.78 is 0. The maximum absolute atomic E-state index is 10.7. The molecule has 3 N–H and O–H groups in total. The fourth-order valence-electron chi connectivity index (χ4n) is 1.11. The fraction of sp³-hybridized carbons (Fsp3) is 0.400. The number of rotatable bonds is 4. The molecule has 0 atom stereocenters. The number of nitrogens with zero attached hydrogens (tertiary/aromatic N) is 1. The number of nitro benzene ring substituents is 1. The molecule has 1 aromatic rings. The Morgan fingerprint density at radius 3 is 2.60 bits per heavy atom. The average molecular weight is 209 g/mol. The highest BCUT2D eigenvalue weighted by Crippen LogP contribution is 2.23. The van der Waals surface area contributed by atoms with Crippen molar-refractivity contribution in [1.29, 1.82) is 0 Å². The Bertz CT molecular complexity index is 358. The van der Waals surface area contributed by atoms with Crippen LogP contribution < -0.4 is 11.1 Å². The molecule has 0 unspecified atom stereocenters. The highest BCUT2D eigenvalue weighted by Gasteiger charge is 2.15. The van der Waals surface area contributed by atoms with Crippen molar-refractivity contribution >= 4 is 11.4 Å². The van der Waals surface area contributed by atoms with Gasteiger partial charge < -0.3 is 11.1 Å². The van der Waals surface area contributed by atoms with Crippen molar-refractivity contribution in [2.45, 2.75) is 19.4 Å². The van der Waals surface area contributed by atoms with Crippen LogP contribution in [-0.4, -0.2) is 17.0 Å². The van der Waals surface area contributed by atoms with Gasteiger partial charge in [-0.05, 0) is 19.9 Å². The summed E-state index contributed by atoms with van der Waals surface area (Å²) in [7, 11) is 0. The third-order valence-electron chi connectivity index (χ3n) is 1.84. The third-order valence-corrected chi connectivity index (χ3v) is 1.84. The molecule has 1 aromatic carbocycles. The molecule has 0 spiro atoms. The van der Waals surface area contributed by atoms with E-state index in [1.54, 1.807) is 18.2 Å². The number of nitrogens with one attached hydrogen (secondary N) is 1. The average Bonchev–Trinajstić information content (AvgIpc) is 2.14. The summed E-state index contributed by atoms with van der Waals surface area (Å²) in [6.45, 7) is 4.20. The summed E-state index contributed by atoms with van der Waals surface area (Å²) in [5, 5.41) is 13.6. The van der Waals surface area contributed by atoms with E-state index in [2.05, 4.69) is 5.32 Å². The Kier molecular flexibility index (Phi) is 3.26. The summed E-state index contributed by atoms with van der Waals surface area (Å²) in [4.78, 5) is 10.3. The molecule has 0 saturated carbocycles. The molecule has 15 heavy (non-hydrogen) atoms. The van der Waals surface area contributed by atoms with Crippen LogP contribution in [0.4, 0.5) is 11.4 Å². The van der Waals surface area contributed by atoms with E-state index in [1.807, 2.05) is 13.8 Å². The first kappa shape index (κ1) is 11.5. The van der Waals surface area contributed by atoms with Crippen molar-refractivity contribution < 1.29 is 4.92 Å². The van der Waals surface area contributed by atoms with E-state index in [9.17, 15) is 10.1 Å².